The third-order valence-electron chi connectivity index (χ3n) is 4.15. The van der Waals surface area contributed by atoms with Gasteiger partial charge in [0.1, 0.15) is 12.7 Å². The van der Waals surface area contributed by atoms with Gasteiger partial charge in [0.2, 0.25) is 0 Å². The van der Waals surface area contributed by atoms with Crippen LogP contribution in [0, 0.1) is 0 Å². The highest BCUT2D eigenvalue weighted by Gasteiger charge is 2.18. The summed E-state index contributed by atoms with van der Waals surface area (Å²) in [6.07, 6.45) is 5.62. The van der Waals surface area contributed by atoms with E-state index in [4.69, 9.17) is 11.6 Å². The van der Waals surface area contributed by atoms with Gasteiger partial charge in [-0.2, -0.15) is 0 Å². The molecule has 1 aromatic carbocycles. The van der Waals surface area contributed by atoms with Gasteiger partial charge in [-0.05, 0) is 31.0 Å². The Hall–Kier alpha value is -2.28. The van der Waals surface area contributed by atoms with E-state index in [1.54, 1.807) is 30.7 Å². The summed E-state index contributed by atoms with van der Waals surface area (Å²) in [5.74, 6) is 0. The van der Waals surface area contributed by atoms with Gasteiger partial charge in [0.25, 0.3) is 0 Å². The molecule has 0 radical (unpaired) electrons. The molecule has 128 valence electrons. The van der Waals surface area contributed by atoms with Crippen LogP contribution in [0.2, 0.25) is 5.02 Å². The zero-order valence-electron chi connectivity index (χ0n) is 13.7. The number of anilines is 2. The van der Waals surface area contributed by atoms with Crippen molar-refractivity contribution in [2.75, 3.05) is 36.9 Å². The topological polar surface area (TPSA) is 66.3 Å². The average Bonchev–Trinajstić information content (AvgIpc) is 3.26. The van der Waals surface area contributed by atoms with Gasteiger partial charge in [-0.3, -0.25) is 0 Å². The maximum absolute atomic E-state index is 12.5. The number of nitrogens with one attached hydrogen (secondary N) is 1. The maximum atomic E-state index is 12.5. The van der Waals surface area contributed by atoms with Gasteiger partial charge >= 0.3 is 6.03 Å². The molecule has 3 rings (SSSR count). The van der Waals surface area contributed by atoms with Gasteiger partial charge in [-0.25, -0.2) is 4.79 Å². The van der Waals surface area contributed by atoms with Crippen LogP contribution in [0.3, 0.4) is 0 Å². The Morgan fingerprint density at radius 1 is 1.29 bits per heavy atom. The van der Waals surface area contributed by atoms with Gasteiger partial charge in [0.05, 0.1) is 11.4 Å². The molecule has 1 aliphatic heterocycles. The number of carbonyl (C=O) groups is 1. The standard InChI is InChI=1S/C16H21ClN6O/c1-21(8-9-22-11-18-19-12-22)16(24)20-14-10-13(17)4-5-15(14)23-6-2-3-7-23/h4-5,10-12H,2-3,6-9H2,1H3,(H,20,24). The molecule has 0 bridgehead atoms. The summed E-state index contributed by atoms with van der Waals surface area (Å²) in [5.41, 5.74) is 1.78. The highest BCUT2D eigenvalue weighted by atomic mass is 35.5. The molecule has 1 aromatic heterocycles. The molecule has 0 aliphatic carbocycles. The Morgan fingerprint density at radius 2 is 2.00 bits per heavy atom. The van der Waals surface area contributed by atoms with Crippen molar-refractivity contribution in [2.24, 2.45) is 0 Å². The van der Waals surface area contributed by atoms with Crippen molar-refractivity contribution in [1.29, 1.82) is 0 Å². The van der Waals surface area contributed by atoms with E-state index in [0.717, 1.165) is 24.5 Å². The van der Waals surface area contributed by atoms with Crippen molar-refractivity contribution < 1.29 is 4.79 Å². The normalized spacial score (nSPS) is 14.0. The van der Waals surface area contributed by atoms with Crippen molar-refractivity contribution in [2.45, 2.75) is 19.4 Å². The Morgan fingerprint density at radius 3 is 2.71 bits per heavy atom. The Bertz CT molecular complexity index is 684. The summed E-state index contributed by atoms with van der Waals surface area (Å²) in [7, 11) is 1.76. The van der Waals surface area contributed by atoms with Crippen LogP contribution in [-0.2, 0) is 6.54 Å². The van der Waals surface area contributed by atoms with Crippen LogP contribution in [-0.4, -0.2) is 52.4 Å². The lowest BCUT2D eigenvalue weighted by Gasteiger charge is -2.24. The van der Waals surface area contributed by atoms with Crippen molar-refractivity contribution >= 4 is 29.0 Å². The quantitative estimate of drug-likeness (QED) is 0.902. The summed E-state index contributed by atoms with van der Waals surface area (Å²) < 4.78 is 1.83. The third kappa shape index (κ3) is 3.97. The Balaban J connectivity index is 1.65. The third-order valence-corrected chi connectivity index (χ3v) is 4.39. The summed E-state index contributed by atoms with van der Waals surface area (Å²) in [6.45, 7) is 3.22. The second-order valence-corrected chi connectivity index (χ2v) is 6.34. The Labute approximate surface area is 146 Å². The molecule has 2 heterocycles. The fourth-order valence-corrected chi connectivity index (χ4v) is 2.93. The van der Waals surface area contributed by atoms with Crippen LogP contribution in [0.4, 0.5) is 16.2 Å². The molecule has 24 heavy (non-hydrogen) atoms. The first-order valence-electron chi connectivity index (χ1n) is 8.02. The van der Waals surface area contributed by atoms with E-state index in [-0.39, 0.29) is 6.03 Å². The lowest BCUT2D eigenvalue weighted by molar-refractivity contribution is 0.220. The van der Waals surface area contributed by atoms with Crippen molar-refractivity contribution in [3.63, 3.8) is 0 Å². The predicted molar refractivity (Wildman–Crippen MR) is 94.6 cm³/mol. The van der Waals surface area contributed by atoms with E-state index in [0.29, 0.717) is 18.1 Å². The van der Waals surface area contributed by atoms with Crippen molar-refractivity contribution in [1.82, 2.24) is 19.7 Å². The molecule has 0 saturated carbocycles. The fourth-order valence-electron chi connectivity index (χ4n) is 2.76. The van der Waals surface area contributed by atoms with Crippen LogP contribution in [0.25, 0.3) is 0 Å². The number of halogens is 1. The highest BCUT2D eigenvalue weighted by molar-refractivity contribution is 6.31. The van der Waals surface area contributed by atoms with E-state index in [1.807, 2.05) is 16.7 Å². The molecule has 0 atom stereocenters. The number of carbonyl (C=O) groups excluding carboxylic acids is 1. The molecule has 0 spiro atoms. The molecule has 1 saturated heterocycles. The van der Waals surface area contributed by atoms with Crippen LogP contribution in [0.1, 0.15) is 12.8 Å². The van der Waals surface area contributed by atoms with E-state index in [2.05, 4.69) is 20.4 Å². The zero-order valence-corrected chi connectivity index (χ0v) is 14.4. The number of rotatable bonds is 5. The number of likely N-dealkylation sites (N-methyl/N-ethyl adjacent to an activating group) is 1. The zero-order chi connectivity index (χ0) is 16.9. The summed E-state index contributed by atoms with van der Waals surface area (Å²) >= 11 is 6.11. The number of nitrogens with zero attached hydrogens (tertiary/aromatic N) is 5. The first kappa shape index (κ1) is 16.6. The van der Waals surface area contributed by atoms with Crippen molar-refractivity contribution in [3.05, 3.63) is 35.9 Å². The molecule has 1 N–H and O–H groups in total. The average molecular weight is 349 g/mol. The van der Waals surface area contributed by atoms with Gasteiger partial charge in [-0.15, -0.1) is 10.2 Å². The minimum Gasteiger partial charge on any atom is -0.370 e. The lowest BCUT2D eigenvalue weighted by atomic mass is 10.2. The molecular formula is C16H21ClN6O. The molecule has 2 amide bonds. The fraction of sp³-hybridized carbons (Fsp3) is 0.438. The summed E-state index contributed by atoms with van der Waals surface area (Å²) in [5, 5.41) is 11.1. The van der Waals surface area contributed by atoms with E-state index in [1.165, 1.54) is 12.8 Å². The summed E-state index contributed by atoms with van der Waals surface area (Å²) in [6, 6.07) is 5.48. The van der Waals surface area contributed by atoms with E-state index in [9.17, 15) is 4.79 Å². The number of aromatic nitrogens is 3. The first-order valence-corrected chi connectivity index (χ1v) is 8.40. The molecule has 1 aliphatic rings. The number of amides is 2. The van der Waals surface area contributed by atoms with Crippen LogP contribution >= 0.6 is 11.6 Å². The molecule has 2 aromatic rings. The largest absolute Gasteiger partial charge is 0.370 e. The minimum atomic E-state index is -0.161. The van der Waals surface area contributed by atoms with Gasteiger partial charge in [0.15, 0.2) is 0 Å². The van der Waals surface area contributed by atoms with Crippen LogP contribution in [0.15, 0.2) is 30.9 Å². The lowest BCUT2D eigenvalue weighted by Crippen LogP contribution is -2.34. The monoisotopic (exact) mass is 348 g/mol. The molecule has 7 nitrogen and oxygen atoms in total. The SMILES string of the molecule is CN(CCn1cnnc1)C(=O)Nc1cc(Cl)ccc1N1CCCC1. The van der Waals surface area contributed by atoms with E-state index < -0.39 is 0 Å². The van der Waals surface area contributed by atoms with Crippen LogP contribution < -0.4 is 10.2 Å². The molecule has 1 fully saturated rings. The molecule has 0 unspecified atom stereocenters. The van der Waals surface area contributed by atoms with E-state index >= 15 is 0 Å². The number of hydrogen-bond donors (Lipinski definition) is 1. The number of urea groups is 1. The smallest absolute Gasteiger partial charge is 0.321 e. The predicted octanol–water partition coefficient (Wildman–Crippen LogP) is 2.70. The molecule has 8 heteroatoms. The number of benzene rings is 1. The Kier molecular flexibility index (Phi) is 5.20. The second kappa shape index (κ2) is 7.53. The van der Waals surface area contributed by atoms with Gasteiger partial charge < -0.3 is 19.7 Å². The maximum Gasteiger partial charge on any atom is 0.321 e. The minimum absolute atomic E-state index is 0.161. The summed E-state index contributed by atoms with van der Waals surface area (Å²) in [4.78, 5) is 16.4. The molecular weight excluding hydrogens is 328 g/mol. The first-order chi connectivity index (χ1) is 11.6. The number of hydrogen-bond acceptors (Lipinski definition) is 4. The van der Waals surface area contributed by atoms with Gasteiger partial charge in [-0.1, -0.05) is 11.6 Å². The van der Waals surface area contributed by atoms with Crippen LogP contribution in [0.5, 0.6) is 0 Å². The second-order valence-electron chi connectivity index (χ2n) is 5.91. The van der Waals surface area contributed by atoms with Gasteiger partial charge in [0, 0.05) is 38.2 Å². The highest BCUT2D eigenvalue weighted by Crippen LogP contribution is 2.31. The van der Waals surface area contributed by atoms with Crippen molar-refractivity contribution in [3.8, 4) is 0 Å².